The molecular weight excluding hydrogens is 264 g/mol. The van der Waals surface area contributed by atoms with Gasteiger partial charge in [-0.3, -0.25) is 4.79 Å². The molecule has 4 heteroatoms. The first-order valence-electron chi connectivity index (χ1n) is 6.73. The van der Waals surface area contributed by atoms with Gasteiger partial charge in [0.05, 0.1) is 19.1 Å². The van der Waals surface area contributed by atoms with E-state index in [-0.39, 0.29) is 5.91 Å². The molecule has 2 aromatic rings. The third-order valence-corrected chi connectivity index (χ3v) is 2.92. The Morgan fingerprint density at radius 3 is 2.38 bits per heavy atom. The molecular formula is C17H16N2O2. The topological polar surface area (TPSA) is 62.1 Å². The van der Waals surface area contributed by atoms with Gasteiger partial charge in [-0.2, -0.15) is 5.26 Å². The lowest BCUT2D eigenvalue weighted by Gasteiger charge is -2.07. The number of hydrogen-bond acceptors (Lipinski definition) is 3. The number of amides is 1. The summed E-state index contributed by atoms with van der Waals surface area (Å²) in [5, 5.41) is 11.4. The van der Waals surface area contributed by atoms with Crippen molar-refractivity contribution in [3.63, 3.8) is 0 Å². The minimum atomic E-state index is -0.175. The van der Waals surface area contributed by atoms with Crippen LogP contribution in [-0.4, -0.2) is 12.5 Å². The van der Waals surface area contributed by atoms with Crippen molar-refractivity contribution in [2.45, 2.75) is 13.3 Å². The van der Waals surface area contributed by atoms with Gasteiger partial charge in [0.2, 0.25) is 0 Å². The number of anilines is 1. The first-order valence-corrected chi connectivity index (χ1v) is 6.73. The zero-order valence-corrected chi connectivity index (χ0v) is 11.8. The quantitative estimate of drug-likeness (QED) is 0.913. The third kappa shape index (κ3) is 4.08. The zero-order valence-electron chi connectivity index (χ0n) is 11.8. The van der Waals surface area contributed by atoms with Gasteiger partial charge in [0, 0.05) is 11.3 Å². The van der Waals surface area contributed by atoms with Gasteiger partial charge < -0.3 is 10.1 Å². The molecule has 1 N–H and O–H groups in total. The Kier molecular flexibility index (Phi) is 4.94. The molecule has 21 heavy (non-hydrogen) atoms. The van der Waals surface area contributed by atoms with Gasteiger partial charge in [0.25, 0.3) is 5.91 Å². The molecule has 106 valence electrons. The summed E-state index contributed by atoms with van der Waals surface area (Å²) < 4.78 is 5.34. The summed E-state index contributed by atoms with van der Waals surface area (Å²) in [6.07, 6.45) is 0.368. The molecule has 0 fully saturated rings. The van der Waals surface area contributed by atoms with Crippen molar-refractivity contribution in [1.82, 2.24) is 0 Å². The van der Waals surface area contributed by atoms with Crippen molar-refractivity contribution in [3.8, 4) is 11.8 Å². The lowest BCUT2D eigenvalue weighted by molar-refractivity contribution is 0.102. The highest BCUT2D eigenvalue weighted by Crippen LogP contribution is 2.15. The molecule has 0 aromatic heterocycles. The lowest BCUT2D eigenvalue weighted by Crippen LogP contribution is -2.11. The molecule has 2 aromatic carbocycles. The second-order valence-electron chi connectivity index (χ2n) is 4.44. The lowest BCUT2D eigenvalue weighted by atomic mass is 10.1. The molecule has 0 aliphatic heterocycles. The number of nitrogens with one attached hydrogen (secondary N) is 1. The van der Waals surface area contributed by atoms with E-state index >= 15 is 0 Å². The Bertz CT molecular complexity index is 640. The number of nitriles is 1. The van der Waals surface area contributed by atoms with Crippen LogP contribution in [0, 0.1) is 11.3 Å². The van der Waals surface area contributed by atoms with Crippen molar-refractivity contribution < 1.29 is 9.53 Å². The Hall–Kier alpha value is -2.80. The normalized spacial score (nSPS) is 9.71. The van der Waals surface area contributed by atoms with Crippen molar-refractivity contribution in [3.05, 3.63) is 59.7 Å². The van der Waals surface area contributed by atoms with E-state index < -0.39 is 0 Å². The monoisotopic (exact) mass is 280 g/mol. The fourth-order valence-corrected chi connectivity index (χ4v) is 1.87. The first kappa shape index (κ1) is 14.6. The highest BCUT2D eigenvalue weighted by Gasteiger charge is 2.06. The molecule has 0 bridgehead atoms. The predicted octanol–water partition coefficient (Wildman–Crippen LogP) is 3.40. The molecule has 0 aliphatic carbocycles. The molecule has 0 spiro atoms. The van der Waals surface area contributed by atoms with E-state index in [1.807, 2.05) is 19.1 Å². The second-order valence-corrected chi connectivity index (χ2v) is 4.44. The summed E-state index contributed by atoms with van der Waals surface area (Å²) in [7, 11) is 0. The van der Waals surface area contributed by atoms with Crippen LogP contribution in [0.15, 0.2) is 48.5 Å². The maximum atomic E-state index is 12.1. The first-order chi connectivity index (χ1) is 10.2. The molecule has 0 unspecified atom stereocenters. The number of carbonyl (C=O) groups excluding carboxylic acids is 1. The summed E-state index contributed by atoms with van der Waals surface area (Å²) in [6.45, 7) is 2.51. The highest BCUT2D eigenvalue weighted by atomic mass is 16.5. The van der Waals surface area contributed by atoms with Gasteiger partial charge in [-0.25, -0.2) is 0 Å². The average molecular weight is 280 g/mol. The number of ether oxygens (including phenoxy) is 1. The molecule has 0 saturated carbocycles. The summed E-state index contributed by atoms with van der Waals surface area (Å²) in [6, 6.07) is 16.3. The molecule has 0 radical (unpaired) electrons. The maximum Gasteiger partial charge on any atom is 0.255 e. The highest BCUT2D eigenvalue weighted by molar-refractivity contribution is 6.04. The van der Waals surface area contributed by atoms with E-state index in [1.54, 1.807) is 36.4 Å². The van der Waals surface area contributed by atoms with Crippen LogP contribution in [0.1, 0.15) is 22.8 Å². The van der Waals surface area contributed by atoms with Gasteiger partial charge in [0.1, 0.15) is 5.75 Å². The summed E-state index contributed by atoms with van der Waals surface area (Å²) >= 11 is 0. The van der Waals surface area contributed by atoms with Crippen LogP contribution in [0.25, 0.3) is 0 Å². The summed E-state index contributed by atoms with van der Waals surface area (Å²) in [5.41, 5.74) is 2.20. The van der Waals surface area contributed by atoms with Gasteiger partial charge in [-0.05, 0) is 48.9 Å². The molecule has 0 heterocycles. The average Bonchev–Trinajstić information content (AvgIpc) is 2.50. The van der Waals surface area contributed by atoms with Crippen LogP contribution in [0.3, 0.4) is 0 Å². The standard InChI is InChI=1S/C17H16N2O2/c1-2-21-16-9-5-14(6-10-16)17(20)19-15-7-3-13(4-8-15)11-12-18/h3-10H,2,11H2,1H3,(H,19,20). The summed E-state index contributed by atoms with van der Waals surface area (Å²) in [4.78, 5) is 12.1. The number of nitrogens with zero attached hydrogens (tertiary/aromatic N) is 1. The number of carbonyl (C=O) groups is 1. The van der Waals surface area contributed by atoms with Gasteiger partial charge >= 0.3 is 0 Å². The van der Waals surface area contributed by atoms with Gasteiger partial charge in [-0.1, -0.05) is 12.1 Å². The van der Waals surface area contributed by atoms with Gasteiger partial charge in [0.15, 0.2) is 0 Å². The summed E-state index contributed by atoms with van der Waals surface area (Å²) in [5.74, 6) is 0.570. The van der Waals surface area contributed by atoms with Crippen LogP contribution in [0.2, 0.25) is 0 Å². The molecule has 0 aliphatic rings. The van der Waals surface area contributed by atoms with Crippen LogP contribution in [0.5, 0.6) is 5.75 Å². The number of hydrogen-bond donors (Lipinski definition) is 1. The number of rotatable bonds is 5. The Balaban J connectivity index is 2.02. The van der Waals surface area contributed by atoms with Crippen LogP contribution < -0.4 is 10.1 Å². The molecule has 2 rings (SSSR count). The minimum Gasteiger partial charge on any atom is -0.494 e. The molecule has 1 amide bonds. The van der Waals surface area contributed by atoms with Crippen LogP contribution in [0.4, 0.5) is 5.69 Å². The maximum absolute atomic E-state index is 12.1. The van der Waals surface area contributed by atoms with Crippen molar-refractivity contribution in [1.29, 1.82) is 5.26 Å². The van der Waals surface area contributed by atoms with E-state index in [4.69, 9.17) is 10.00 Å². The Morgan fingerprint density at radius 2 is 1.81 bits per heavy atom. The predicted molar refractivity (Wildman–Crippen MR) is 81.3 cm³/mol. The van der Waals surface area contributed by atoms with Crippen molar-refractivity contribution in [2.24, 2.45) is 0 Å². The fourth-order valence-electron chi connectivity index (χ4n) is 1.87. The third-order valence-electron chi connectivity index (χ3n) is 2.92. The van der Waals surface area contributed by atoms with Gasteiger partial charge in [-0.15, -0.1) is 0 Å². The largest absolute Gasteiger partial charge is 0.494 e. The second kappa shape index (κ2) is 7.11. The van der Waals surface area contributed by atoms with Crippen LogP contribution >= 0.6 is 0 Å². The van der Waals surface area contributed by atoms with Crippen molar-refractivity contribution >= 4 is 11.6 Å². The number of benzene rings is 2. The van der Waals surface area contributed by atoms with Crippen molar-refractivity contribution in [2.75, 3.05) is 11.9 Å². The Labute approximate surface area is 124 Å². The Morgan fingerprint density at radius 1 is 1.14 bits per heavy atom. The smallest absolute Gasteiger partial charge is 0.255 e. The molecule has 0 saturated heterocycles. The van der Waals surface area contributed by atoms with E-state index in [0.717, 1.165) is 11.3 Å². The van der Waals surface area contributed by atoms with E-state index in [9.17, 15) is 4.79 Å². The van der Waals surface area contributed by atoms with E-state index in [2.05, 4.69) is 11.4 Å². The minimum absolute atomic E-state index is 0.175. The molecule has 4 nitrogen and oxygen atoms in total. The zero-order chi connectivity index (χ0) is 15.1. The van der Waals surface area contributed by atoms with E-state index in [1.165, 1.54) is 0 Å². The SMILES string of the molecule is CCOc1ccc(C(=O)Nc2ccc(CC#N)cc2)cc1. The fraction of sp³-hybridized carbons (Fsp3) is 0.176. The van der Waals surface area contributed by atoms with E-state index in [0.29, 0.717) is 24.3 Å². The van der Waals surface area contributed by atoms with Crippen LogP contribution in [-0.2, 0) is 6.42 Å². The molecule has 0 atom stereocenters.